The Labute approximate surface area is 133 Å². The fourth-order valence-electron chi connectivity index (χ4n) is 2.32. The molecule has 2 aromatic rings. The van der Waals surface area contributed by atoms with Gasteiger partial charge in [-0.2, -0.15) is 11.3 Å². The lowest BCUT2D eigenvalue weighted by Gasteiger charge is -2.14. The first-order valence-corrected chi connectivity index (χ1v) is 8.09. The predicted molar refractivity (Wildman–Crippen MR) is 85.4 cm³/mol. The normalized spacial score (nSPS) is 13.7. The minimum atomic E-state index is -0.166. The second kappa shape index (κ2) is 6.70. The van der Waals surface area contributed by atoms with E-state index in [1.54, 1.807) is 11.3 Å². The van der Waals surface area contributed by atoms with Crippen LogP contribution in [0.25, 0.3) is 0 Å². The van der Waals surface area contributed by atoms with Crippen molar-refractivity contribution < 1.29 is 14.3 Å². The van der Waals surface area contributed by atoms with Gasteiger partial charge in [0.15, 0.2) is 11.5 Å². The molecule has 1 atom stereocenters. The van der Waals surface area contributed by atoms with Crippen molar-refractivity contribution in [2.75, 3.05) is 6.79 Å². The van der Waals surface area contributed by atoms with Gasteiger partial charge in [0, 0.05) is 12.6 Å². The first-order chi connectivity index (χ1) is 10.7. The summed E-state index contributed by atoms with van der Waals surface area (Å²) in [6.07, 6.45) is 0.834. The maximum absolute atomic E-state index is 11.9. The summed E-state index contributed by atoms with van der Waals surface area (Å²) in [5.74, 6) is 1.48. The molecule has 1 aromatic carbocycles. The Balaban J connectivity index is 1.46. The van der Waals surface area contributed by atoms with Crippen molar-refractivity contribution in [3.05, 3.63) is 46.2 Å². The van der Waals surface area contributed by atoms with E-state index >= 15 is 0 Å². The van der Waals surface area contributed by atoms with Crippen LogP contribution in [-0.4, -0.2) is 18.9 Å². The van der Waals surface area contributed by atoms with Crippen LogP contribution in [-0.2, 0) is 13.0 Å². The second-order valence-electron chi connectivity index (χ2n) is 5.25. The quantitative estimate of drug-likeness (QED) is 0.891. The summed E-state index contributed by atoms with van der Waals surface area (Å²) >= 11 is 1.67. The summed E-state index contributed by atoms with van der Waals surface area (Å²) in [4.78, 5) is 11.9. The van der Waals surface area contributed by atoms with Crippen molar-refractivity contribution in [1.29, 1.82) is 0 Å². The Morgan fingerprint density at radius 2 is 2.14 bits per heavy atom. The first-order valence-electron chi connectivity index (χ1n) is 7.14. The van der Waals surface area contributed by atoms with E-state index in [1.807, 2.05) is 30.5 Å². The van der Waals surface area contributed by atoms with Gasteiger partial charge in [0.1, 0.15) is 0 Å². The van der Waals surface area contributed by atoms with Gasteiger partial charge in [0.2, 0.25) is 6.79 Å². The molecule has 22 heavy (non-hydrogen) atoms. The van der Waals surface area contributed by atoms with Crippen molar-refractivity contribution >= 4 is 17.4 Å². The monoisotopic (exact) mass is 318 g/mol. The van der Waals surface area contributed by atoms with Crippen LogP contribution in [0, 0.1) is 0 Å². The van der Waals surface area contributed by atoms with Crippen molar-refractivity contribution in [2.24, 2.45) is 0 Å². The van der Waals surface area contributed by atoms with E-state index in [2.05, 4.69) is 22.1 Å². The molecule has 1 aromatic heterocycles. The molecule has 2 amide bonds. The molecule has 0 radical (unpaired) electrons. The van der Waals surface area contributed by atoms with Crippen LogP contribution in [0.2, 0.25) is 0 Å². The molecule has 0 saturated carbocycles. The molecule has 0 unspecified atom stereocenters. The second-order valence-corrected chi connectivity index (χ2v) is 6.03. The number of carbonyl (C=O) groups is 1. The average Bonchev–Trinajstić information content (AvgIpc) is 3.15. The van der Waals surface area contributed by atoms with Gasteiger partial charge in [-0.3, -0.25) is 0 Å². The van der Waals surface area contributed by atoms with Crippen LogP contribution < -0.4 is 20.1 Å². The Morgan fingerprint density at radius 1 is 1.27 bits per heavy atom. The lowest BCUT2D eigenvalue weighted by atomic mass is 10.1. The third kappa shape index (κ3) is 3.71. The zero-order valence-corrected chi connectivity index (χ0v) is 13.1. The van der Waals surface area contributed by atoms with Crippen LogP contribution in [0.4, 0.5) is 4.79 Å². The number of rotatable bonds is 5. The number of amides is 2. The summed E-state index contributed by atoms with van der Waals surface area (Å²) in [5.41, 5.74) is 2.22. The van der Waals surface area contributed by atoms with E-state index in [1.165, 1.54) is 5.56 Å². The van der Waals surface area contributed by atoms with E-state index in [0.717, 1.165) is 23.5 Å². The largest absolute Gasteiger partial charge is 0.454 e. The van der Waals surface area contributed by atoms with Gasteiger partial charge in [-0.1, -0.05) is 6.07 Å². The number of fused-ring (bicyclic) bond motifs is 1. The Bertz CT molecular complexity index is 643. The zero-order valence-electron chi connectivity index (χ0n) is 12.3. The molecule has 0 fully saturated rings. The summed E-state index contributed by atoms with van der Waals surface area (Å²) in [5, 5.41) is 9.94. The molecular formula is C16H18N2O3S. The highest BCUT2D eigenvalue weighted by atomic mass is 32.1. The van der Waals surface area contributed by atoms with Gasteiger partial charge in [-0.15, -0.1) is 0 Å². The third-order valence-electron chi connectivity index (χ3n) is 3.39. The van der Waals surface area contributed by atoms with Crippen LogP contribution >= 0.6 is 11.3 Å². The molecule has 1 aliphatic heterocycles. The molecule has 2 heterocycles. The molecule has 116 valence electrons. The third-order valence-corrected chi connectivity index (χ3v) is 4.12. The average molecular weight is 318 g/mol. The maximum Gasteiger partial charge on any atom is 0.315 e. The molecule has 1 aliphatic rings. The fraction of sp³-hybridized carbons (Fsp3) is 0.312. The van der Waals surface area contributed by atoms with E-state index in [9.17, 15) is 4.79 Å². The molecular weight excluding hydrogens is 300 g/mol. The summed E-state index contributed by atoms with van der Waals surface area (Å²) in [6, 6.07) is 7.66. The highest BCUT2D eigenvalue weighted by Gasteiger charge is 2.13. The standard InChI is InChI=1S/C16H18N2O3S/c1-11(6-13-4-5-22-9-13)18-16(19)17-8-12-2-3-14-15(7-12)21-10-20-14/h2-5,7,9,11H,6,8,10H2,1H3,(H2,17,18,19)/t11-/m1/s1. The van der Waals surface area contributed by atoms with Crippen LogP contribution in [0.1, 0.15) is 18.1 Å². The lowest BCUT2D eigenvalue weighted by molar-refractivity contribution is 0.174. The van der Waals surface area contributed by atoms with Crippen molar-refractivity contribution in [1.82, 2.24) is 10.6 Å². The first kappa shape index (κ1) is 14.7. The highest BCUT2D eigenvalue weighted by Crippen LogP contribution is 2.32. The molecule has 0 spiro atoms. The summed E-state index contributed by atoms with van der Waals surface area (Å²) in [7, 11) is 0. The predicted octanol–water partition coefficient (Wildman–Crippen LogP) is 2.91. The van der Waals surface area contributed by atoms with Crippen LogP contribution in [0.3, 0.4) is 0 Å². The SMILES string of the molecule is C[C@H](Cc1ccsc1)NC(=O)NCc1ccc2c(c1)OCO2. The Hall–Kier alpha value is -2.21. The number of benzene rings is 1. The Kier molecular flexibility index (Phi) is 4.48. The van der Waals surface area contributed by atoms with Gasteiger partial charge in [-0.05, 0) is 53.4 Å². The van der Waals surface area contributed by atoms with E-state index in [-0.39, 0.29) is 18.9 Å². The fourth-order valence-corrected chi connectivity index (χ4v) is 3.00. The maximum atomic E-state index is 11.9. The van der Waals surface area contributed by atoms with E-state index in [4.69, 9.17) is 9.47 Å². The topological polar surface area (TPSA) is 59.6 Å². The van der Waals surface area contributed by atoms with Gasteiger partial charge in [0.05, 0.1) is 0 Å². The zero-order chi connectivity index (χ0) is 15.4. The molecule has 5 nitrogen and oxygen atoms in total. The number of hydrogen-bond donors (Lipinski definition) is 2. The van der Waals surface area contributed by atoms with Crippen molar-refractivity contribution in [3.8, 4) is 11.5 Å². The summed E-state index contributed by atoms with van der Waals surface area (Å²) in [6.45, 7) is 2.71. The molecule has 0 bridgehead atoms. The minimum absolute atomic E-state index is 0.0892. The molecule has 3 rings (SSSR count). The van der Waals surface area contributed by atoms with Crippen LogP contribution in [0.15, 0.2) is 35.0 Å². The van der Waals surface area contributed by atoms with Gasteiger partial charge >= 0.3 is 6.03 Å². The molecule has 0 saturated heterocycles. The number of thiophene rings is 1. The van der Waals surface area contributed by atoms with Crippen molar-refractivity contribution in [3.63, 3.8) is 0 Å². The number of nitrogens with one attached hydrogen (secondary N) is 2. The number of ether oxygens (including phenoxy) is 2. The lowest BCUT2D eigenvalue weighted by Crippen LogP contribution is -2.41. The van der Waals surface area contributed by atoms with Gasteiger partial charge in [0.25, 0.3) is 0 Å². The smallest absolute Gasteiger partial charge is 0.315 e. The minimum Gasteiger partial charge on any atom is -0.454 e. The number of hydrogen-bond acceptors (Lipinski definition) is 4. The molecule has 6 heteroatoms. The van der Waals surface area contributed by atoms with Gasteiger partial charge in [-0.25, -0.2) is 4.79 Å². The van der Waals surface area contributed by atoms with Crippen molar-refractivity contribution in [2.45, 2.75) is 25.9 Å². The summed E-state index contributed by atoms with van der Waals surface area (Å²) < 4.78 is 10.6. The molecule has 0 aliphatic carbocycles. The highest BCUT2D eigenvalue weighted by molar-refractivity contribution is 7.07. The van der Waals surface area contributed by atoms with Gasteiger partial charge < -0.3 is 20.1 Å². The molecule has 2 N–H and O–H groups in total. The number of urea groups is 1. The Morgan fingerprint density at radius 3 is 2.95 bits per heavy atom. The van der Waals surface area contributed by atoms with E-state index < -0.39 is 0 Å². The number of carbonyl (C=O) groups excluding carboxylic acids is 1. The van der Waals surface area contributed by atoms with E-state index in [0.29, 0.717) is 6.54 Å². The van der Waals surface area contributed by atoms with Crippen LogP contribution in [0.5, 0.6) is 11.5 Å².